The van der Waals surface area contributed by atoms with Gasteiger partial charge in [0.2, 0.25) is 0 Å². The lowest BCUT2D eigenvalue weighted by Crippen LogP contribution is -2.27. The van der Waals surface area contributed by atoms with Crippen molar-refractivity contribution in [3.05, 3.63) is 99.6 Å². The van der Waals surface area contributed by atoms with E-state index in [0.29, 0.717) is 26.2 Å². The molecule has 1 aliphatic carbocycles. The number of aryl methyl sites for hydroxylation is 2. The summed E-state index contributed by atoms with van der Waals surface area (Å²) in [4.78, 5) is 12.0. The molecule has 1 aliphatic rings. The highest BCUT2D eigenvalue weighted by atomic mass is 16.6. The van der Waals surface area contributed by atoms with E-state index >= 15 is 0 Å². The quantitative estimate of drug-likeness (QED) is 0.157. The molecule has 0 aliphatic heterocycles. The highest BCUT2D eigenvalue weighted by molar-refractivity contribution is 5.77. The maximum Gasteiger partial charge on any atom is 0.335 e. The molecule has 0 aromatic heterocycles. The smallest absolute Gasteiger partial charge is 0.335 e. The summed E-state index contributed by atoms with van der Waals surface area (Å²) in [6.45, 7) is 7.43. The van der Waals surface area contributed by atoms with Gasteiger partial charge in [0.15, 0.2) is 6.10 Å². The molecule has 0 bridgehead atoms. The third-order valence-electron chi connectivity index (χ3n) is 7.20. The number of esters is 1. The lowest BCUT2D eigenvalue weighted by molar-refractivity contribution is -0.154. The normalized spacial score (nSPS) is 14.7. The van der Waals surface area contributed by atoms with Crippen LogP contribution in [0.25, 0.3) is 12.2 Å². The Bertz CT molecular complexity index is 1280. The monoisotopic (exact) mass is 542 g/mol. The second-order valence-electron chi connectivity index (χ2n) is 10.2. The van der Waals surface area contributed by atoms with Crippen molar-refractivity contribution in [1.82, 2.24) is 0 Å². The van der Waals surface area contributed by atoms with Crippen LogP contribution in [-0.4, -0.2) is 39.0 Å². The van der Waals surface area contributed by atoms with Crippen LogP contribution >= 0.6 is 0 Å². The number of benzene rings is 3. The number of carbonyl (C=O) groups is 1. The van der Waals surface area contributed by atoms with E-state index in [1.165, 1.54) is 40.5 Å². The highest BCUT2D eigenvalue weighted by Gasteiger charge is 2.23. The first-order valence-electron chi connectivity index (χ1n) is 14.5. The van der Waals surface area contributed by atoms with Crippen LogP contribution in [0.5, 0.6) is 5.75 Å². The van der Waals surface area contributed by atoms with Crippen molar-refractivity contribution in [3.63, 3.8) is 0 Å². The number of ether oxygens (including phenoxy) is 4. The Kier molecular flexibility index (Phi) is 11.0. The average Bonchev–Trinajstić information content (AvgIpc) is 3.11. The van der Waals surface area contributed by atoms with Gasteiger partial charge in [0.25, 0.3) is 0 Å². The Morgan fingerprint density at radius 2 is 1.45 bits per heavy atom. The van der Waals surface area contributed by atoms with Crippen molar-refractivity contribution in [2.45, 2.75) is 65.1 Å². The van der Waals surface area contributed by atoms with Crippen LogP contribution in [-0.2, 0) is 38.3 Å². The number of hydrogen-bond acceptors (Lipinski definition) is 5. The summed E-state index contributed by atoms with van der Waals surface area (Å²) in [5, 5.41) is 0. The number of rotatable bonds is 14. The molecule has 5 heteroatoms. The zero-order valence-electron chi connectivity index (χ0n) is 24.3. The van der Waals surface area contributed by atoms with Gasteiger partial charge in [0.05, 0.1) is 13.2 Å². The third-order valence-corrected chi connectivity index (χ3v) is 7.20. The summed E-state index contributed by atoms with van der Waals surface area (Å²) in [5.74, 6) is 0.415. The summed E-state index contributed by atoms with van der Waals surface area (Å²) in [6, 6.07) is 21.3. The lowest BCUT2D eigenvalue weighted by atomic mass is 9.92. The molecule has 0 N–H and O–H groups in total. The minimum atomic E-state index is -0.615. The van der Waals surface area contributed by atoms with Gasteiger partial charge in [-0.25, -0.2) is 4.79 Å². The van der Waals surface area contributed by atoms with Crippen molar-refractivity contribution in [3.8, 4) is 5.75 Å². The molecule has 0 amide bonds. The van der Waals surface area contributed by atoms with E-state index in [2.05, 4.69) is 62.4 Å². The van der Waals surface area contributed by atoms with Gasteiger partial charge < -0.3 is 18.9 Å². The van der Waals surface area contributed by atoms with Gasteiger partial charge in [-0.15, -0.1) is 0 Å². The van der Waals surface area contributed by atoms with Crippen LogP contribution in [0.2, 0.25) is 0 Å². The van der Waals surface area contributed by atoms with Crippen molar-refractivity contribution in [1.29, 1.82) is 0 Å². The first-order valence-corrected chi connectivity index (χ1v) is 14.5. The predicted molar refractivity (Wildman–Crippen MR) is 161 cm³/mol. The summed E-state index contributed by atoms with van der Waals surface area (Å²) in [5.41, 5.74) is 8.50. The Labute approximate surface area is 239 Å². The van der Waals surface area contributed by atoms with E-state index < -0.39 is 6.10 Å². The Hall–Kier alpha value is -3.41. The fraction of sp³-hybridized carbons (Fsp3) is 0.400. The van der Waals surface area contributed by atoms with Crippen LogP contribution in [0.4, 0.5) is 0 Å². The predicted octanol–water partition coefficient (Wildman–Crippen LogP) is 7.38. The van der Waals surface area contributed by atoms with Gasteiger partial charge in [-0.2, -0.15) is 0 Å². The first-order chi connectivity index (χ1) is 19.6. The topological polar surface area (TPSA) is 54.0 Å². The van der Waals surface area contributed by atoms with Crippen molar-refractivity contribution in [2.75, 3.05) is 26.9 Å². The summed E-state index contributed by atoms with van der Waals surface area (Å²) in [7, 11) is 1.52. The van der Waals surface area contributed by atoms with Crippen molar-refractivity contribution >= 4 is 18.1 Å². The van der Waals surface area contributed by atoms with Gasteiger partial charge in [0, 0.05) is 13.5 Å². The zero-order chi connectivity index (χ0) is 28.3. The molecule has 0 saturated carbocycles. The van der Waals surface area contributed by atoms with Crippen LogP contribution < -0.4 is 4.74 Å². The summed E-state index contributed by atoms with van der Waals surface area (Å²) in [6.07, 6.45) is 8.48. The molecule has 0 saturated heterocycles. The molecule has 212 valence electrons. The Morgan fingerprint density at radius 1 is 0.775 bits per heavy atom. The fourth-order valence-electron chi connectivity index (χ4n) is 5.18. The van der Waals surface area contributed by atoms with E-state index in [9.17, 15) is 4.79 Å². The minimum absolute atomic E-state index is 0.160. The standard InChI is InChI=1S/C35H42O5/c1-5-8-25-13-19-31-29(22-25)16-15-28-14-10-26(9-6-2)23-32(28)34(31)40-21-20-39-30-17-11-27(12-18-30)24-33(37-4)35(36)38-7-3/h10-19,22-23,33-34H,5-9,20-21,24H2,1-4H3. The largest absolute Gasteiger partial charge is 0.491 e. The molecule has 3 aromatic carbocycles. The van der Waals surface area contributed by atoms with E-state index in [1.54, 1.807) is 6.92 Å². The molecule has 40 heavy (non-hydrogen) atoms. The van der Waals surface area contributed by atoms with Crippen molar-refractivity contribution in [2.24, 2.45) is 0 Å². The number of carbonyl (C=O) groups excluding carboxylic acids is 1. The molecule has 2 atom stereocenters. The van der Waals surface area contributed by atoms with Gasteiger partial charge in [0.1, 0.15) is 18.5 Å². The molecule has 0 spiro atoms. The maximum absolute atomic E-state index is 12.0. The fourth-order valence-corrected chi connectivity index (χ4v) is 5.18. The molecule has 5 nitrogen and oxygen atoms in total. The SMILES string of the molecule is CCCc1ccc2c(c1)C=Cc1ccc(CCC)cc1C2OCCOc1ccc(CC(OC)C(=O)OCC)cc1. The molecule has 4 rings (SSSR count). The second kappa shape index (κ2) is 14.8. The minimum Gasteiger partial charge on any atom is -0.491 e. The van der Waals surface area contributed by atoms with E-state index in [1.807, 2.05) is 24.3 Å². The molecular weight excluding hydrogens is 500 g/mol. The van der Waals surface area contributed by atoms with Gasteiger partial charge in [-0.1, -0.05) is 87.4 Å². The lowest BCUT2D eigenvalue weighted by Gasteiger charge is -2.22. The van der Waals surface area contributed by atoms with E-state index in [4.69, 9.17) is 18.9 Å². The maximum atomic E-state index is 12.0. The highest BCUT2D eigenvalue weighted by Crippen LogP contribution is 2.37. The number of methoxy groups -OCH3 is 1. The molecule has 2 unspecified atom stereocenters. The number of hydrogen-bond donors (Lipinski definition) is 0. The Morgan fingerprint density at radius 3 is 2.15 bits per heavy atom. The van der Waals surface area contributed by atoms with Crippen LogP contribution in [0.3, 0.4) is 0 Å². The van der Waals surface area contributed by atoms with Crippen LogP contribution in [0, 0.1) is 0 Å². The summed E-state index contributed by atoms with van der Waals surface area (Å²) >= 11 is 0. The third kappa shape index (κ3) is 7.61. The van der Waals surface area contributed by atoms with Crippen LogP contribution in [0.1, 0.15) is 78.7 Å². The molecule has 0 radical (unpaired) electrons. The van der Waals surface area contributed by atoms with E-state index in [-0.39, 0.29) is 12.1 Å². The average molecular weight is 543 g/mol. The van der Waals surface area contributed by atoms with Crippen LogP contribution in [0.15, 0.2) is 60.7 Å². The second-order valence-corrected chi connectivity index (χ2v) is 10.2. The van der Waals surface area contributed by atoms with E-state index in [0.717, 1.165) is 37.0 Å². The molecular formula is C35H42O5. The summed E-state index contributed by atoms with van der Waals surface area (Å²) < 4.78 is 23.0. The first kappa shape index (κ1) is 29.6. The number of fused-ring (bicyclic) bond motifs is 2. The van der Waals surface area contributed by atoms with Gasteiger partial charge in [-0.3, -0.25) is 0 Å². The molecule has 0 fully saturated rings. The van der Waals surface area contributed by atoms with Crippen molar-refractivity contribution < 1.29 is 23.7 Å². The molecule has 3 aromatic rings. The van der Waals surface area contributed by atoms with Gasteiger partial charge >= 0.3 is 5.97 Å². The van der Waals surface area contributed by atoms with Gasteiger partial charge in [-0.05, 0) is 70.8 Å². The zero-order valence-corrected chi connectivity index (χ0v) is 24.3. The molecule has 0 heterocycles. The Balaban J connectivity index is 1.43.